The van der Waals surface area contributed by atoms with Crippen molar-refractivity contribution in [1.29, 1.82) is 0 Å². The molecule has 2 aliphatic heterocycles. The molecule has 2 atom stereocenters. The Morgan fingerprint density at radius 1 is 1.31 bits per heavy atom. The smallest absolute Gasteiger partial charge is 0.274 e. The van der Waals surface area contributed by atoms with Crippen molar-refractivity contribution in [1.82, 2.24) is 14.0 Å². The van der Waals surface area contributed by atoms with Gasteiger partial charge in [-0.25, -0.2) is 9.37 Å². The zero-order valence-corrected chi connectivity index (χ0v) is 19.5. The van der Waals surface area contributed by atoms with Gasteiger partial charge in [-0.05, 0) is 51.2 Å². The molecule has 3 aromatic heterocycles. The fourth-order valence-corrected chi connectivity index (χ4v) is 5.85. The van der Waals surface area contributed by atoms with Crippen LogP contribution in [-0.4, -0.2) is 44.3 Å². The second kappa shape index (κ2) is 7.16. The summed E-state index contributed by atoms with van der Waals surface area (Å²) >= 11 is 0. The minimum Gasteiger partial charge on any atom is -0.489 e. The maximum absolute atomic E-state index is 13.5. The van der Waals surface area contributed by atoms with Crippen molar-refractivity contribution >= 4 is 17.2 Å². The van der Waals surface area contributed by atoms with Crippen molar-refractivity contribution in [2.75, 3.05) is 11.9 Å². The summed E-state index contributed by atoms with van der Waals surface area (Å²) in [5.74, 6) is 0.00948. The van der Waals surface area contributed by atoms with Gasteiger partial charge in [0, 0.05) is 36.5 Å². The van der Waals surface area contributed by atoms with Crippen LogP contribution in [0.2, 0.25) is 0 Å². The molecule has 2 bridgehead atoms. The molecule has 35 heavy (non-hydrogen) atoms. The fraction of sp³-hybridized carbons (Fsp3) is 0.500. The van der Waals surface area contributed by atoms with Gasteiger partial charge in [-0.15, -0.1) is 0 Å². The molecule has 1 N–H and O–H groups in total. The van der Waals surface area contributed by atoms with Crippen molar-refractivity contribution in [2.45, 2.75) is 74.8 Å². The predicted molar refractivity (Wildman–Crippen MR) is 126 cm³/mol. The highest BCUT2D eigenvalue weighted by molar-refractivity contribution is 6.06. The maximum Gasteiger partial charge on any atom is 0.274 e. The van der Waals surface area contributed by atoms with E-state index in [0.29, 0.717) is 30.0 Å². The molecule has 8 nitrogen and oxygen atoms in total. The predicted octanol–water partition coefficient (Wildman–Crippen LogP) is 3.78. The van der Waals surface area contributed by atoms with Crippen LogP contribution in [0.15, 0.2) is 41.6 Å². The molecule has 5 aliphatic rings. The van der Waals surface area contributed by atoms with Gasteiger partial charge in [-0.2, -0.15) is 0 Å². The zero-order chi connectivity index (χ0) is 23.9. The van der Waals surface area contributed by atoms with E-state index in [9.17, 15) is 14.0 Å². The lowest BCUT2D eigenvalue weighted by Crippen LogP contribution is -2.45. The van der Waals surface area contributed by atoms with E-state index < -0.39 is 23.7 Å². The molecule has 5 fully saturated rings. The highest BCUT2D eigenvalue weighted by Crippen LogP contribution is 2.58. The standard InChI is InChI=1S/C26H27FN4O4/c1-25-12-26(13-25,14-34-25)21-11-30-10-16(20(9-22(30)29-21)35-15-4-2-5-15)23(32)28-18-6-3-7-31(24(18)33)19-8-17(19)27/h3,6-7,9-11,15,17,19H,2,4-5,8,12-14H2,1H3,(H,28,32)/t17?,19?,25-,26-. The van der Waals surface area contributed by atoms with E-state index in [4.69, 9.17) is 14.5 Å². The molecule has 2 saturated heterocycles. The first-order valence-electron chi connectivity index (χ1n) is 12.3. The van der Waals surface area contributed by atoms with Crippen molar-refractivity contribution < 1.29 is 18.7 Å². The van der Waals surface area contributed by atoms with Gasteiger partial charge in [-0.3, -0.25) is 9.59 Å². The lowest BCUT2D eigenvalue weighted by molar-refractivity contribution is 0.0154. The van der Waals surface area contributed by atoms with Crippen LogP contribution in [0.25, 0.3) is 5.65 Å². The molecule has 0 radical (unpaired) electrons. The number of pyridine rings is 2. The number of carbonyl (C=O) groups is 1. The molecule has 2 unspecified atom stereocenters. The van der Waals surface area contributed by atoms with E-state index in [-0.39, 0.29) is 22.8 Å². The summed E-state index contributed by atoms with van der Waals surface area (Å²) in [6.07, 6.45) is 9.51. The van der Waals surface area contributed by atoms with Crippen molar-refractivity contribution in [3.05, 3.63) is 58.4 Å². The van der Waals surface area contributed by atoms with Crippen LogP contribution in [0.1, 0.15) is 67.5 Å². The van der Waals surface area contributed by atoms with Crippen molar-refractivity contribution in [2.24, 2.45) is 0 Å². The number of alkyl halides is 1. The topological polar surface area (TPSA) is 86.9 Å². The minimum atomic E-state index is -1.02. The van der Waals surface area contributed by atoms with Crippen LogP contribution >= 0.6 is 0 Å². The fourth-order valence-electron chi connectivity index (χ4n) is 5.85. The van der Waals surface area contributed by atoms with Crippen LogP contribution in [0, 0.1) is 0 Å². The Morgan fingerprint density at radius 2 is 2.11 bits per heavy atom. The monoisotopic (exact) mass is 478 g/mol. The van der Waals surface area contributed by atoms with E-state index in [1.807, 2.05) is 16.7 Å². The summed E-state index contributed by atoms with van der Waals surface area (Å²) in [7, 11) is 0. The zero-order valence-electron chi connectivity index (χ0n) is 19.5. The quantitative estimate of drug-likeness (QED) is 0.583. The second-order valence-electron chi connectivity index (χ2n) is 10.9. The third kappa shape index (κ3) is 3.31. The number of nitrogens with zero attached hydrogens (tertiary/aromatic N) is 3. The van der Waals surface area contributed by atoms with E-state index in [2.05, 4.69) is 12.2 Å². The molecule has 0 spiro atoms. The van der Waals surface area contributed by atoms with E-state index in [1.165, 1.54) is 4.57 Å². The molecule has 3 saturated carbocycles. The highest BCUT2D eigenvalue weighted by Gasteiger charge is 2.61. The van der Waals surface area contributed by atoms with Gasteiger partial charge in [-0.1, -0.05) is 0 Å². The normalized spacial score (nSPS) is 31.1. The first-order valence-corrected chi connectivity index (χ1v) is 12.3. The Hall–Kier alpha value is -3.20. The maximum atomic E-state index is 13.5. The summed E-state index contributed by atoms with van der Waals surface area (Å²) in [4.78, 5) is 31.1. The Balaban J connectivity index is 1.23. The van der Waals surface area contributed by atoms with Crippen LogP contribution in [-0.2, 0) is 10.2 Å². The lowest BCUT2D eigenvalue weighted by atomic mass is 9.62. The molecular weight excluding hydrogens is 451 g/mol. The Labute approximate surface area is 201 Å². The molecule has 182 valence electrons. The first kappa shape index (κ1) is 21.1. The summed E-state index contributed by atoms with van der Waals surface area (Å²) in [5, 5.41) is 2.73. The molecule has 3 aromatic rings. The summed E-state index contributed by atoms with van der Waals surface area (Å²) in [6.45, 7) is 2.79. The average molecular weight is 479 g/mol. The van der Waals surface area contributed by atoms with E-state index >= 15 is 0 Å². The number of rotatable bonds is 6. The van der Waals surface area contributed by atoms with Gasteiger partial charge in [0.1, 0.15) is 23.3 Å². The average Bonchev–Trinajstić information content (AvgIpc) is 3.10. The van der Waals surface area contributed by atoms with Gasteiger partial charge in [0.25, 0.3) is 11.5 Å². The van der Waals surface area contributed by atoms with Gasteiger partial charge in [0.2, 0.25) is 0 Å². The van der Waals surface area contributed by atoms with E-state index in [0.717, 1.165) is 37.8 Å². The molecule has 0 aromatic carbocycles. The number of aromatic nitrogens is 3. The Bertz CT molecular complexity index is 1420. The Kier molecular flexibility index (Phi) is 4.32. The number of halogens is 1. The SMILES string of the molecule is C[C@]12C[C@](c3cn4cc(C(=O)Nc5cccn(C6CC6F)c5=O)c(OC5CCC5)cc4n3)(CO1)C2. The Morgan fingerprint density at radius 3 is 2.77 bits per heavy atom. The number of fused-ring (bicyclic) bond motifs is 2. The largest absolute Gasteiger partial charge is 0.489 e. The number of amides is 1. The molecular formula is C26H27FN4O4. The number of nitrogens with one attached hydrogen (secondary N) is 1. The number of imidazole rings is 1. The van der Waals surface area contributed by atoms with Crippen LogP contribution in [0.3, 0.4) is 0 Å². The number of anilines is 1. The van der Waals surface area contributed by atoms with Crippen molar-refractivity contribution in [3.8, 4) is 5.75 Å². The van der Waals surface area contributed by atoms with Gasteiger partial charge >= 0.3 is 0 Å². The number of hydrogen-bond donors (Lipinski definition) is 1. The highest BCUT2D eigenvalue weighted by atomic mass is 19.1. The third-order valence-electron chi connectivity index (χ3n) is 8.07. The third-order valence-corrected chi connectivity index (χ3v) is 8.07. The summed E-state index contributed by atoms with van der Waals surface area (Å²) < 4.78 is 28.9. The minimum absolute atomic E-state index is 0.0510. The molecule has 3 aliphatic carbocycles. The number of hydrogen-bond acceptors (Lipinski definition) is 5. The number of ether oxygens (including phenoxy) is 2. The summed E-state index contributed by atoms with van der Waals surface area (Å²) in [5.41, 5.74) is 1.60. The summed E-state index contributed by atoms with van der Waals surface area (Å²) in [6, 6.07) is 4.54. The molecule has 5 heterocycles. The molecule has 9 heteroatoms. The molecule has 8 rings (SSSR count). The van der Waals surface area contributed by atoms with Gasteiger partial charge in [0.15, 0.2) is 0 Å². The van der Waals surface area contributed by atoms with Crippen molar-refractivity contribution in [3.63, 3.8) is 0 Å². The van der Waals surface area contributed by atoms with Gasteiger partial charge < -0.3 is 23.8 Å². The lowest BCUT2D eigenvalue weighted by Gasteiger charge is -2.41. The number of carbonyl (C=O) groups excluding carboxylic acids is 1. The van der Waals surface area contributed by atoms with Crippen LogP contribution < -0.4 is 15.6 Å². The van der Waals surface area contributed by atoms with E-state index in [1.54, 1.807) is 24.5 Å². The second-order valence-corrected chi connectivity index (χ2v) is 10.9. The molecule has 1 amide bonds. The van der Waals surface area contributed by atoms with Crippen LogP contribution in [0.4, 0.5) is 10.1 Å². The first-order chi connectivity index (χ1) is 16.8. The van der Waals surface area contributed by atoms with Crippen LogP contribution in [0.5, 0.6) is 5.75 Å². The van der Waals surface area contributed by atoms with Gasteiger partial charge in [0.05, 0.1) is 35.6 Å².